The summed E-state index contributed by atoms with van der Waals surface area (Å²) in [5.74, 6) is -0.915. The Kier molecular flexibility index (Phi) is 7.17. The summed E-state index contributed by atoms with van der Waals surface area (Å²) in [5.41, 5.74) is 1.88. The van der Waals surface area contributed by atoms with Crippen molar-refractivity contribution in [3.63, 3.8) is 0 Å². The number of esters is 2. The topological polar surface area (TPSA) is 84.9 Å². The molecule has 0 saturated carbocycles. The van der Waals surface area contributed by atoms with Crippen molar-refractivity contribution in [3.8, 4) is 0 Å². The molecule has 0 aliphatic carbocycles. The summed E-state index contributed by atoms with van der Waals surface area (Å²) in [4.78, 5) is 40.0. The third-order valence-corrected chi connectivity index (χ3v) is 5.95. The number of carbonyl (C=O) groups excluding carboxylic acids is 3. The van der Waals surface area contributed by atoms with Crippen LogP contribution in [0.25, 0.3) is 0 Å². The SMILES string of the molecule is O=C1OCCC1N[C@@H](Cc1ccccc1)C(=O)N1CCC[C@H]1C(=O)OCc1ccccc1. The van der Waals surface area contributed by atoms with Gasteiger partial charge in [-0.05, 0) is 30.4 Å². The molecule has 0 radical (unpaired) electrons. The van der Waals surface area contributed by atoms with Crippen molar-refractivity contribution in [1.82, 2.24) is 10.2 Å². The highest BCUT2D eigenvalue weighted by Crippen LogP contribution is 2.22. The minimum atomic E-state index is -0.629. The lowest BCUT2D eigenvalue weighted by atomic mass is 10.0. The van der Waals surface area contributed by atoms with Gasteiger partial charge in [0.15, 0.2) is 0 Å². The highest BCUT2D eigenvalue weighted by molar-refractivity contribution is 5.89. The molecular formula is C25H28N2O5. The van der Waals surface area contributed by atoms with Gasteiger partial charge >= 0.3 is 11.9 Å². The van der Waals surface area contributed by atoms with Gasteiger partial charge in [0.2, 0.25) is 5.91 Å². The Morgan fingerprint density at radius 2 is 1.72 bits per heavy atom. The number of ether oxygens (including phenoxy) is 2. The van der Waals surface area contributed by atoms with E-state index in [1.165, 1.54) is 0 Å². The molecule has 0 spiro atoms. The highest BCUT2D eigenvalue weighted by Gasteiger charge is 2.40. The number of rotatable bonds is 8. The van der Waals surface area contributed by atoms with Crippen LogP contribution in [0.5, 0.6) is 0 Å². The first-order chi connectivity index (χ1) is 15.6. The molecule has 2 aliphatic heterocycles. The Balaban J connectivity index is 1.45. The fraction of sp³-hybridized carbons (Fsp3) is 0.400. The average molecular weight is 437 g/mol. The summed E-state index contributed by atoms with van der Waals surface area (Å²) in [6, 6.07) is 17.4. The molecule has 1 amide bonds. The van der Waals surface area contributed by atoms with Crippen molar-refractivity contribution in [2.75, 3.05) is 13.2 Å². The van der Waals surface area contributed by atoms with Gasteiger partial charge in [-0.2, -0.15) is 0 Å². The van der Waals surface area contributed by atoms with Crippen LogP contribution >= 0.6 is 0 Å². The molecule has 2 fully saturated rings. The molecule has 32 heavy (non-hydrogen) atoms. The first-order valence-electron chi connectivity index (χ1n) is 11.1. The summed E-state index contributed by atoms with van der Waals surface area (Å²) >= 11 is 0. The minimum absolute atomic E-state index is 0.178. The standard InChI is InChI=1S/C25H28N2O5/c28-23(21(16-18-8-3-1-4-9-18)26-20-13-15-31-24(20)29)27-14-7-12-22(27)25(30)32-17-19-10-5-2-6-11-19/h1-6,8-11,20-22,26H,7,12-17H2/t20?,21-,22-/m0/s1. The Bertz CT molecular complexity index is 934. The molecule has 2 heterocycles. The van der Waals surface area contributed by atoms with Crippen molar-refractivity contribution in [1.29, 1.82) is 0 Å². The quantitative estimate of drug-likeness (QED) is 0.639. The molecule has 1 unspecified atom stereocenters. The van der Waals surface area contributed by atoms with Crippen LogP contribution in [0.4, 0.5) is 0 Å². The predicted molar refractivity (Wildman–Crippen MR) is 117 cm³/mol. The van der Waals surface area contributed by atoms with Crippen LogP contribution in [0.1, 0.15) is 30.4 Å². The smallest absolute Gasteiger partial charge is 0.329 e. The Morgan fingerprint density at radius 3 is 2.38 bits per heavy atom. The lowest BCUT2D eigenvalue weighted by molar-refractivity contribution is -0.155. The summed E-state index contributed by atoms with van der Waals surface area (Å²) in [6.07, 6.45) is 2.26. The molecule has 0 bridgehead atoms. The number of nitrogens with one attached hydrogen (secondary N) is 1. The summed E-state index contributed by atoms with van der Waals surface area (Å²) in [6.45, 7) is 1.02. The van der Waals surface area contributed by atoms with Gasteiger partial charge in [0, 0.05) is 13.0 Å². The second-order valence-corrected chi connectivity index (χ2v) is 8.20. The van der Waals surface area contributed by atoms with E-state index in [0.29, 0.717) is 32.4 Å². The summed E-state index contributed by atoms with van der Waals surface area (Å²) in [7, 11) is 0. The van der Waals surface area contributed by atoms with Crippen molar-refractivity contribution in [2.24, 2.45) is 0 Å². The number of hydrogen-bond donors (Lipinski definition) is 1. The lowest BCUT2D eigenvalue weighted by Gasteiger charge is -2.29. The fourth-order valence-electron chi connectivity index (χ4n) is 4.26. The molecule has 7 nitrogen and oxygen atoms in total. The van der Waals surface area contributed by atoms with Gasteiger partial charge in [0.1, 0.15) is 18.7 Å². The second-order valence-electron chi connectivity index (χ2n) is 8.20. The first-order valence-corrected chi connectivity index (χ1v) is 11.1. The van der Waals surface area contributed by atoms with E-state index in [9.17, 15) is 14.4 Å². The zero-order chi connectivity index (χ0) is 22.3. The van der Waals surface area contributed by atoms with Crippen LogP contribution in [0.2, 0.25) is 0 Å². The monoisotopic (exact) mass is 436 g/mol. The lowest BCUT2D eigenvalue weighted by Crippen LogP contribution is -2.54. The Labute approximate surface area is 187 Å². The van der Waals surface area contributed by atoms with Gasteiger partial charge < -0.3 is 14.4 Å². The molecule has 2 saturated heterocycles. The molecule has 1 N–H and O–H groups in total. The van der Waals surface area contributed by atoms with Crippen molar-refractivity contribution in [2.45, 2.75) is 50.4 Å². The van der Waals surface area contributed by atoms with Gasteiger partial charge in [-0.25, -0.2) is 4.79 Å². The van der Waals surface area contributed by atoms with Gasteiger partial charge in [-0.3, -0.25) is 14.9 Å². The Hall–Kier alpha value is -3.19. The van der Waals surface area contributed by atoms with E-state index >= 15 is 0 Å². The van der Waals surface area contributed by atoms with Crippen molar-refractivity contribution >= 4 is 17.8 Å². The number of likely N-dealkylation sites (tertiary alicyclic amines) is 1. The molecular weight excluding hydrogens is 408 g/mol. The van der Waals surface area contributed by atoms with E-state index < -0.39 is 24.1 Å². The third kappa shape index (κ3) is 5.34. The fourth-order valence-corrected chi connectivity index (χ4v) is 4.26. The predicted octanol–water partition coefficient (Wildman–Crippen LogP) is 2.24. The van der Waals surface area contributed by atoms with E-state index in [4.69, 9.17) is 9.47 Å². The van der Waals surface area contributed by atoms with Crippen LogP contribution in [0.3, 0.4) is 0 Å². The average Bonchev–Trinajstić information content (AvgIpc) is 3.47. The number of amides is 1. The number of nitrogens with zero attached hydrogens (tertiary/aromatic N) is 1. The maximum absolute atomic E-state index is 13.5. The van der Waals surface area contributed by atoms with Gasteiger partial charge in [0.05, 0.1) is 12.6 Å². The van der Waals surface area contributed by atoms with Gasteiger partial charge in [-0.1, -0.05) is 60.7 Å². The van der Waals surface area contributed by atoms with E-state index in [-0.39, 0.29) is 18.5 Å². The summed E-state index contributed by atoms with van der Waals surface area (Å²) < 4.78 is 10.6. The maximum atomic E-state index is 13.5. The van der Waals surface area contributed by atoms with Gasteiger partial charge in [-0.15, -0.1) is 0 Å². The van der Waals surface area contributed by atoms with Crippen LogP contribution < -0.4 is 5.32 Å². The Morgan fingerprint density at radius 1 is 1.03 bits per heavy atom. The van der Waals surface area contributed by atoms with E-state index in [1.54, 1.807) is 4.90 Å². The van der Waals surface area contributed by atoms with Crippen LogP contribution in [0, 0.1) is 0 Å². The normalized spacial score (nSPS) is 21.2. The van der Waals surface area contributed by atoms with Crippen LogP contribution in [-0.4, -0.2) is 54.0 Å². The zero-order valence-electron chi connectivity index (χ0n) is 17.9. The third-order valence-electron chi connectivity index (χ3n) is 5.95. The second kappa shape index (κ2) is 10.4. The van der Waals surface area contributed by atoms with E-state index in [0.717, 1.165) is 17.5 Å². The molecule has 0 aromatic heterocycles. The largest absolute Gasteiger partial charge is 0.464 e. The molecule has 2 aliphatic rings. The summed E-state index contributed by atoms with van der Waals surface area (Å²) in [5, 5.41) is 3.19. The molecule has 7 heteroatoms. The number of carbonyl (C=O) groups is 3. The number of hydrogen-bond acceptors (Lipinski definition) is 6. The molecule has 168 valence electrons. The number of benzene rings is 2. The van der Waals surface area contributed by atoms with E-state index in [2.05, 4.69) is 5.32 Å². The van der Waals surface area contributed by atoms with E-state index in [1.807, 2.05) is 60.7 Å². The molecule has 4 rings (SSSR count). The first kappa shape index (κ1) is 22.0. The van der Waals surface area contributed by atoms with Gasteiger partial charge in [0.25, 0.3) is 0 Å². The van der Waals surface area contributed by atoms with Crippen LogP contribution in [-0.2, 0) is 36.9 Å². The minimum Gasteiger partial charge on any atom is -0.464 e. The number of cyclic esters (lactones) is 1. The zero-order valence-corrected chi connectivity index (χ0v) is 17.9. The molecule has 2 aromatic rings. The van der Waals surface area contributed by atoms with Crippen molar-refractivity contribution in [3.05, 3.63) is 71.8 Å². The van der Waals surface area contributed by atoms with Crippen molar-refractivity contribution < 1.29 is 23.9 Å². The molecule has 2 aromatic carbocycles. The maximum Gasteiger partial charge on any atom is 0.329 e. The molecule has 3 atom stereocenters. The highest BCUT2D eigenvalue weighted by atomic mass is 16.5. The van der Waals surface area contributed by atoms with Crippen LogP contribution in [0.15, 0.2) is 60.7 Å².